The van der Waals surface area contributed by atoms with Crippen molar-refractivity contribution in [2.45, 2.75) is 26.1 Å². The van der Waals surface area contributed by atoms with E-state index in [0.29, 0.717) is 46.8 Å². The van der Waals surface area contributed by atoms with Crippen LogP contribution in [-0.4, -0.2) is 36.9 Å². The van der Waals surface area contributed by atoms with Gasteiger partial charge in [0.05, 0.1) is 22.3 Å². The number of nitrogens with zero attached hydrogens (tertiary/aromatic N) is 2. The van der Waals surface area contributed by atoms with Crippen molar-refractivity contribution in [1.82, 2.24) is 15.3 Å². The number of halogens is 2. The quantitative estimate of drug-likeness (QED) is 0.164. The van der Waals surface area contributed by atoms with Crippen molar-refractivity contribution < 1.29 is 22.0 Å². The molecular formula is C31H30ClFN4O4S. The predicted molar refractivity (Wildman–Crippen MR) is 163 cm³/mol. The minimum Gasteiger partial charge on any atom is -0.487 e. The van der Waals surface area contributed by atoms with E-state index in [1.54, 1.807) is 24.3 Å². The van der Waals surface area contributed by atoms with Crippen LogP contribution in [0.1, 0.15) is 29.9 Å². The summed E-state index contributed by atoms with van der Waals surface area (Å²) < 4.78 is 49.1. The fourth-order valence-corrected chi connectivity index (χ4v) is 5.73. The fraction of sp³-hybridized carbons (Fsp3) is 0.226. The lowest BCUT2D eigenvalue weighted by atomic mass is 10.1. The Bertz CT molecular complexity index is 1810. The highest BCUT2D eigenvalue weighted by molar-refractivity contribution is 7.90. The molecule has 1 unspecified atom stereocenters. The van der Waals surface area contributed by atoms with Crippen LogP contribution in [0.3, 0.4) is 0 Å². The Kier molecular flexibility index (Phi) is 9.06. The average Bonchev–Trinajstić information content (AvgIpc) is 3.45. The van der Waals surface area contributed by atoms with Crippen molar-refractivity contribution in [2.75, 3.05) is 23.9 Å². The molecule has 11 heteroatoms. The lowest BCUT2D eigenvalue weighted by molar-refractivity contribution is 0.305. The molecule has 1 atom stereocenters. The third-order valence-electron chi connectivity index (χ3n) is 6.55. The topological polar surface area (TPSA) is 106 Å². The summed E-state index contributed by atoms with van der Waals surface area (Å²) in [5, 5.41) is 7.79. The summed E-state index contributed by atoms with van der Waals surface area (Å²) in [4.78, 5) is 8.83. The van der Waals surface area contributed by atoms with Gasteiger partial charge in [-0.2, -0.15) is 0 Å². The number of nitrogens with one attached hydrogen (secondary N) is 2. The van der Waals surface area contributed by atoms with Gasteiger partial charge in [0.2, 0.25) is 0 Å². The van der Waals surface area contributed by atoms with Gasteiger partial charge in [0.15, 0.2) is 0 Å². The summed E-state index contributed by atoms with van der Waals surface area (Å²) in [6.07, 6.45) is 2.71. The van der Waals surface area contributed by atoms with Gasteiger partial charge in [-0.25, -0.2) is 22.8 Å². The molecule has 0 aliphatic rings. The van der Waals surface area contributed by atoms with E-state index in [1.165, 1.54) is 24.7 Å². The normalized spacial score (nSPS) is 12.4. The second kappa shape index (κ2) is 12.9. The molecule has 5 aromatic rings. The van der Waals surface area contributed by atoms with E-state index in [2.05, 4.69) is 20.6 Å². The second-order valence-electron chi connectivity index (χ2n) is 9.90. The zero-order chi connectivity index (χ0) is 29.7. The van der Waals surface area contributed by atoms with Crippen molar-refractivity contribution in [3.05, 3.63) is 107 Å². The zero-order valence-electron chi connectivity index (χ0n) is 23.1. The van der Waals surface area contributed by atoms with Gasteiger partial charge >= 0.3 is 0 Å². The number of rotatable bonds is 12. The predicted octanol–water partition coefficient (Wildman–Crippen LogP) is 6.57. The number of anilines is 1. The summed E-state index contributed by atoms with van der Waals surface area (Å²) in [7, 11) is -3.21. The Morgan fingerprint density at radius 1 is 1.02 bits per heavy atom. The molecule has 2 heterocycles. The highest BCUT2D eigenvalue weighted by Crippen LogP contribution is 2.31. The fourth-order valence-electron chi connectivity index (χ4n) is 4.58. The molecule has 2 N–H and O–H groups in total. The summed E-state index contributed by atoms with van der Waals surface area (Å²) in [5.41, 5.74) is 3.19. The molecule has 0 radical (unpaired) electrons. The molecule has 218 valence electrons. The number of ether oxygens (including phenoxy) is 1. The molecule has 0 fully saturated rings. The first-order valence-corrected chi connectivity index (χ1v) is 15.8. The zero-order valence-corrected chi connectivity index (χ0v) is 24.7. The van der Waals surface area contributed by atoms with Crippen LogP contribution in [0, 0.1) is 5.82 Å². The van der Waals surface area contributed by atoms with Crippen LogP contribution in [0.25, 0.3) is 22.2 Å². The van der Waals surface area contributed by atoms with Gasteiger partial charge in [-0.3, -0.25) is 0 Å². The van der Waals surface area contributed by atoms with Crippen molar-refractivity contribution in [1.29, 1.82) is 0 Å². The summed E-state index contributed by atoms with van der Waals surface area (Å²) in [6, 6.07) is 20.7. The maximum Gasteiger partial charge on any atom is 0.149 e. The molecule has 0 spiro atoms. The maximum absolute atomic E-state index is 13.4. The van der Waals surface area contributed by atoms with Crippen molar-refractivity contribution in [2.24, 2.45) is 0 Å². The SMILES string of the molecule is CCNC(CS(C)(=O)=O)c1ccc(-c2ccc3ncnc(NCc4ccc(OCc5cccc(F)c5)c(Cl)c4)c3c2)o1. The lowest BCUT2D eigenvalue weighted by Gasteiger charge is -2.14. The Morgan fingerprint density at radius 3 is 2.64 bits per heavy atom. The Morgan fingerprint density at radius 2 is 1.88 bits per heavy atom. The second-order valence-corrected chi connectivity index (χ2v) is 12.5. The molecule has 0 saturated carbocycles. The van der Waals surface area contributed by atoms with Crippen LogP contribution in [-0.2, 0) is 23.0 Å². The molecule has 42 heavy (non-hydrogen) atoms. The van der Waals surface area contributed by atoms with Gasteiger partial charge < -0.3 is 19.8 Å². The molecular weight excluding hydrogens is 579 g/mol. The van der Waals surface area contributed by atoms with Crippen LogP contribution < -0.4 is 15.4 Å². The highest BCUT2D eigenvalue weighted by atomic mass is 35.5. The summed E-state index contributed by atoms with van der Waals surface area (Å²) in [6.45, 7) is 3.17. The minimum absolute atomic E-state index is 0.0580. The van der Waals surface area contributed by atoms with E-state index in [9.17, 15) is 12.8 Å². The standard InChI is InChI=1S/C31H30ClFN4O4S/c1-3-34-27(18-42(2,38)39)30-12-11-28(41-30)22-8-9-26-24(15-22)31(37-19-36-26)35-16-20-7-10-29(25(32)14-20)40-17-21-5-4-6-23(33)13-21/h4-15,19,27,34H,3,16-18H2,1-2H3,(H,35,36,37). The largest absolute Gasteiger partial charge is 0.487 e. The first-order valence-electron chi connectivity index (χ1n) is 13.3. The first kappa shape index (κ1) is 29.5. The first-order chi connectivity index (χ1) is 20.2. The number of benzene rings is 3. The van der Waals surface area contributed by atoms with Gasteiger partial charge in [0.25, 0.3) is 0 Å². The maximum atomic E-state index is 13.4. The monoisotopic (exact) mass is 608 g/mol. The van der Waals surface area contributed by atoms with E-state index in [4.69, 9.17) is 20.8 Å². The van der Waals surface area contributed by atoms with Gasteiger partial charge in [0, 0.05) is 23.8 Å². The molecule has 5 rings (SSSR count). The molecule has 0 aliphatic carbocycles. The molecule has 0 saturated heterocycles. The Balaban J connectivity index is 1.31. The van der Waals surface area contributed by atoms with Gasteiger partial charge in [0.1, 0.15) is 51.7 Å². The molecule has 0 amide bonds. The highest BCUT2D eigenvalue weighted by Gasteiger charge is 2.20. The molecule has 2 aromatic heterocycles. The number of hydrogen-bond donors (Lipinski definition) is 2. The van der Waals surface area contributed by atoms with E-state index in [-0.39, 0.29) is 18.2 Å². The number of sulfone groups is 1. The van der Waals surface area contributed by atoms with Gasteiger partial charge in [-0.05, 0) is 72.3 Å². The van der Waals surface area contributed by atoms with Crippen LogP contribution in [0.5, 0.6) is 5.75 Å². The Hall–Kier alpha value is -3.99. The molecule has 0 aliphatic heterocycles. The number of hydrogen-bond acceptors (Lipinski definition) is 8. The van der Waals surface area contributed by atoms with Crippen LogP contribution >= 0.6 is 11.6 Å². The molecule has 8 nitrogen and oxygen atoms in total. The molecule has 3 aromatic carbocycles. The van der Waals surface area contributed by atoms with Crippen molar-refractivity contribution >= 4 is 38.2 Å². The van der Waals surface area contributed by atoms with Crippen molar-refractivity contribution in [3.8, 4) is 17.1 Å². The van der Waals surface area contributed by atoms with Crippen LogP contribution in [0.4, 0.5) is 10.2 Å². The smallest absolute Gasteiger partial charge is 0.149 e. The number of furan rings is 1. The van der Waals surface area contributed by atoms with E-state index < -0.39 is 15.9 Å². The minimum atomic E-state index is -3.21. The lowest BCUT2D eigenvalue weighted by Crippen LogP contribution is -2.27. The van der Waals surface area contributed by atoms with E-state index in [0.717, 1.165) is 22.0 Å². The van der Waals surface area contributed by atoms with Crippen LogP contribution in [0.2, 0.25) is 5.02 Å². The van der Waals surface area contributed by atoms with Gasteiger partial charge in [-0.15, -0.1) is 0 Å². The molecule has 0 bridgehead atoms. The van der Waals surface area contributed by atoms with E-state index >= 15 is 0 Å². The third-order valence-corrected chi connectivity index (χ3v) is 7.78. The third kappa shape index (κ3) is 7.44. The summed E-state index contributed by atoms with van der Waals surface area (Å²) >= 11 is 6.47. The average molecular weight is 609 g/mol. The van der Waals surface area contributed by atoms with Crippen LogP contribution in [0.15, 0.2) is 83.5 Å². The number of aromatic nitrogens is 2. The Labute approximate surface area is 248 Å². The van der Waals surface area contributed by atoms with E-state index in [1.807, 2.05) is 43.3 Å². The summed E-state index contributed by atoms with van der Waals surface area (Å²) in [5.74, 6) is 1.94. The van der Waals surface area contributed by atoms with Gasteiger partial charge in [-0.1, -0.05) is 36.7 Å². The van der Waals surface area contributed by atoms with Crippen molar-refractivity contribution in [3.63, 3.8) is 0 Å². The number of fused-ring (bicyclic) bond motifs is 1.